The fourth-order valence-corrected chi connectivity index (χ4v) is 9.83. The normalized spacial score (nSPS) is 11.7. The van der Waals surface area contributed by atoms with E-state index < -0.39 is 59.4 Å². The molecule has 5 amide bonds. The molecule has 0 aromatic heterocycles. The number of nitrogens with zero attached hydrogens (tertiary/aromatic N) is 5. The molecule has 0 radical (unpaired) electrons. The maximum atomic E-state index is 14.3. The lowest BCUT2D eigenvalue weighted by molar-refractivity contribution is -0.127. The van der Waals surface area contributed by atoms with Gasteiger partial charge in [-0.2, -0.15) is 0 Å². The SMILES string of the molecule is CCC(=O)[C@@H](CCCN=C(N)N)NC(=O)c1cc(CC(=O)[C@@H](CCCN=C(N)N)NC(=O)c2cc(CC(=O)[C@@H](CCCN=C(N)N)NC(=O)c3cc(CC(=O)[C@@H](C)NC(=O)CCCCN=C(N)N)ccc3OC)ccc2OC)ccc1OC.Cc1ccc(OCCN=C(N)N)c(C(N)=O)c1. The number of guanidine groups is 5. The number of ketones is 4. The van der Waals surface area contributed by atoms with Gasteiger partial charge in [-0.1, -0.05) is 36.8 Å². The lowest BCUT2D eigenvalue weighted by Gasteiger charge is -2.21. The van der Waals surface area contributed by atoms with Crippen molar-refractivity contribution in [2.75, 3.05) is 60.7 Å². The van der Waals surface area contributed by atoms with Gasteiger partial charge in [-0.3, -0.25) is 68.1 Å². The average Bonchev–Trinajstić information content (AvgIpc) is 0.837. The van der Waals surface area contributed by atoms with Gasteiger partial charge >= 0.3 is 0 Å². The van der Waals surface area contributed by atoms with Crippen LogP contribution in [0.2, 0.25) is 0 Å². The maximum Gasteiger partial charge on any atom is 0.255 e. The molecule has 0 saturated carbocycles. The maximum absolute atomic E-state index is 14.3. The van der Waals surface area contributed by atoms with Crippen molar-refractivity contribution in [3.8, 4) is 23.0 Å². The molecule has 0 aliphatic heterocycles. The molecule has 4 rings (SSSR count). The van der Waals surface area contributed by atoms with E-state index >= 15 is 0 Å². The Balaban J connectivity index is 0.00000133. The van der Waals surface area contributed by atoms with E-state index in [2.05, 4.69) is 46.2 Å². The molecule has 544 valence electrons. The molecular weight excluding hydrogens is 1290 g/mol. The minimum Gasteiger partial charge on any atom is -0.496 e. The highest BCUT2D eigenvalue weighted by Gasteiger charge is 2.29. The zero-order chi connectivity index (χ0) is 74.4. The Kier molecular flexibility index (Phi) is 36.0. The number of ether oxygens (including phenoxy) is 4. The molecular formula is C67H98N20O13. The molecule has 0 saturated heterocycles. The number of Topliss-reactive ketones (excluding diaryl/α,β-unsaturated/α-hetero) is 4. The number of rotatable bonds is 43. The number of hydrogen-bond acceptors (Lipinski definition) is 18. The highest BCUT2D eigenvalue weighted by molar-refractivity contribution is 6.03. The van der Waals surface area contributed by atoms with Crippen LogP contribution in [0.1, 0.15) is 142 Å². The van der Waals surface area contributed by atoms with Crippen LogP contribution in [-0.2, 0) is 43.2 Å². The largest absolute Gasteiger partial charge is 0.496 e. The minimum atomic E-state index is -1.13. The number of carbonyl (C=O) groups is 9. The summed E-state index contributed by atoms with van der Waals surface area (Å²) >= 11 is 0. The number of benzene rings is 4. The number of aryl methyl sites for hydroxylation is 1. The van der Waals surface area contributed by atoms with Crippen molar-refractivity contribution in [2.45, 2.75) is 128 Å². The summed E-state index contributed by atoms with van der Waals surface area (Å²) in [6, 6.07) is 15.0. The highest BCUT2D eigenvalue weighted by Crippen LogP contribution is 2.26. The fourth-order valence-electron chi connectivity index (χ4n) is 9.83. The van der Waals surface area contributed by atoms with Crippen molar-refractivity contribution in [1.82, 2.24) is 21.3 Å². The number of carbonyl (C=O) groups excluding carboxylic acids is 9. The third-order valence-corrected chi connectivity index (χ3v) is 14.9. The number of nitrogens with two attached hydrogens (primary N) is 11. The molecule has 4 aromatic carbocycles. The summed E-state index contributed by atoms with van der Waals surface area (Å²) in [4.78, 5) is 140. The first-order chi connectivity index (χ1) is 47.5. The molecule has 0 aliphatic rings. The molecule has 4 atom stereocenters. The van der Waals surface area contributed by atoms with E-state index in [1.807, 2.05) is 13.0 Å². The van der Waals surface area contributed by atoms with Crippen LogP contribution in [-0.4, -0.2) is 167 Å². The first-order valence-corrected chi connectivity index (χ1v) is 32.1. The van der Waals surface area contributed by atoms with Gasteiger partial charge in [0.05, 0.1) is 74.3 Å². The van der Waals surface area contributed by atoms with Gasteiger partial charge in [-0.15, -0.1) is 0 Å². The monoisotopic (exact) mass is 1390 g/mol. The summed E-state index contributed by atoms with van der Waals surface area (Å²) in [5.41, 5.74) is 61.9. The second kappa shape index (κ2) is 43.6. The Bertz CT molecular complexity index is 3610. The molecule has 0 fully saturated rings. The van der Waals surface area contributed by atoms with E-state index in [0.29, 0.717) is 60.4 Å². The van der Waals surface area contributed by atoms with E-state index in [1.54, 1.807) is 44.2 Å². The Labute approximate surface area is 581 Å². The van der Waals surface area contributed by atoms with Gasteiger partial charge in [0.1, 0.15) is 29.6 Å². The van der Waals surface area contributed by atoms with Crippen LogP contribution < -0.4 is 103 Å². The van der Waals surface area contributed by atoms with E-state index in [9.17, 15) is 43.2 Å². The van der Waals surface area contributed by atoms with Crippen LogP contribution in [0.25, 0.3) is 0 Å². The van der Waals surface area contributed by atoms with Gasteiger partial charge in [-0.05, 0) is 130 Å². The number of primary amides is 1. The van der Waals surface area contributed by atoms with E-state index in [0.717, 1.165) is 5.56 Å². The molecule has 100 heavy (non-hydrogen) atoms. The van der Waals surface area contributed by atoms with Crippen LogP contribution >= 0.6 is 0 Å². The number of hydrogen-bond donors (Lipinski definition) is 15. The first kappa shape index (κ1) is 82.7. The van der Waals surface area contributed by atoms with Crippen molar-refractivity contribution >= 4 is 82.5 Å². The van der Waals surface area contributed by atoms with Gasteiger partial charge in [-0.25, -0.2) is 0 Å². The quantitative estimate of drug-likeness (QED) is 0.0152. The highest BCUT2D eigenvalue weighted by atomic mass is 16.5. The van der Waals surface area contributed by atoms with Crippen LogP contribution in [0.4, 0.5) is 0 Å². The number of nitrogens with one attached hydrogen (secondary N) is 4. The molecule has 0 bridgehead atoms. The van der Waals surface area contributed by atoms with E-state index in [4.69, 9.17) is 82.0 Å². The Hall–Kier alpha value is -11.5. The zero-order valence-electron chi connectivity index (χ0n) is 57.6. The van der Waals surface area contributed by atoms with Crippen molar-refractivity contribution in [3.63, 3.8) is 0 Å². The Morgan fingerprint density at radius 3 is 1.12 bits per heavy atom. The summed E-state index contributed by atoms with van der Waals surface area (Å²) in [5.74, 6) is -3.87. The lowest BCUT2D eigenvalue weighted by Crippen LogP contribution is -2.42. The van der Waals surface area contributed by atoms with Crippen LogP contribution in [0, 0.1) is 6.92 Å². The van der Waals surface area contributed by atoms with Gasteiger partial charge in [0.2, 0.25) is 5.91 Å². The van der Waals surface area contributed by atoms with Crippen molar-refractivity contribution in [2.24, 2.45) is 88.0 Å². The Morgan fingerprint density at radius 2 is 0.760 bits per heavy atom. The molecule has 33 heteroatoms. The van der Waals surface area contributed by atoms with Gasteiger partial charge in [0.15, 0.2) is 52.9 Å². The minimum absolute atomic E-state index is 0.00707. The number of methoxy groups -OCH3 is 3. The summed E-state index contributed by atoms with van der Waals surface area (Å²) in [7, 11) is 4.09. The first-order valence-electron chi connectivity index (χ1n) is 32.1. The summed E-state index contributed by atoms with van der Waals surface area (Å²) in [5, 5.41) is 11.1. The topological polar surface area (TPSA) is 587 Å². The number of aliphatic imine (C=N–C) groups is 5. The van der Waals surface area contributed by atoms with Crippen molar-refractivity contribution in [3.05, 3.63) is 117 Å². The fraction of sp³-hybridized carbons (Fsp3) is 0.433. The third-order valence-electron chi connectivity index (χ3n) is 14.9. The molecule has 0 spiro atoms. The van der Waals surface area contributed by atoms with Crippen molar-refractivity contribution < 1.29 is 62.1 Å². The second-order valence-corrected chi connectivity index (χ2v) is 22.8. The number of unbranched alkanes of at least 4 members (excludes halogenated alkanes) is 1. The molecule has 4 aromatic rings. The smallest absolute Gasteiger partial charge is 0.255 e. The average molecular weight is 1390 g/mol. The van der Waals surface area contributed by atoms with E-state index in [1.165, 1.54) is 57.7 Å². The van der Waals surface area contributed by atoms with Crippen molar-refractivity contribution in [1.29, 1.82) is 0 Å². The van der Waals surface area contributed by atoms with Crippen LogP contribution in [0.3, 0.4) is 0 Å². The molecule has 0 aliphatic carbocycles. The zero-order valence-corrected chi connectivity index (χ0v) is 57.6. The van der Waals surface area contributed by atoms with Gasteiger partial charge in [0.25, 0.3) is 23.6 Å². The second-order valence-electron chi connectivity index (χ2n) is 22.8. The summed E-state index contributed by atoms with van der Waals surface area (Å²) in [6.45, 7) is 6.61. The van der Waals surface area contributed by atoms with Crippen LogP contribution in [0.5, 0.6) is 23.0 Å². The molecule has 26 N–H and O–H groups in total. The summed E-state index contributed by atoms with van der Waals surface area (Å²) < 4.78 is 21.9. The Morgan fingerprint density at radius 1 is 0.410 bits per heavy atom. The predicted octanol–water partition coefficient (Wildman–Crippen LogP) is -0.423. The van der Waals surface area contributed by atoms with Crippen LogP contribution in [0.15, 0.2) is 97.8 Å². The standard InChI is InChI=1S/C56H82N16O11.C11H16N4O2/c1-6-42(73)39(12-9-23-66-54(59)60)70-50(78)37-27-34(17-20-47(37)82-4)30-44(75)41(14-11-25-68-56(63)64)72-52(80)38-28-35(18-21-48(38)83-5)31-45(76)40(13-10-24-67-55(61)62)71-51(79)36-26-33(16-19-46(36)81-3)29-43(74)32(2)69-49(77)15-7-8-22-65-53(57)58;1-7-2-3-9(8(6-7)10(12)16)17-5-4-15-11(13)14/h16-21,26-28,32,39-41H,6-15,22-25,29-31H2,1-5H3,(H,69,77)(H,70,78)(H,71,79)(H,72,80)(H4,57,58,65)(H4,59,60,66)(H4,61,62,67)(H4,63,64,68);2-3,6H,4-5H2,1H3,(H2,12,16)(H4,13,14,15)/t32-,39-,40-,41-;/m1./s1. The van der Waals surface area contributed by atoms with Gasteiger partial charge in [0, 0.05) is 58.3 Å². The third kappa shape index (κ3) is 30.3. The van der Waals surface area contributed by atoms with Gasteiger partial charge < -0.3 is 103 Å². The number of amides is 5. The molecule has 0 unspecified atom stereocenters. The molecule has 0 heterocycles. The predicted molar refractivity (Wildman–Crippen MR) is 382 cm³/mol. The van der Waals surface area contributed by atoms with E-state index in [-0.39, 0.29) is 172 Å². The summed E-state index contributed by atoms with van der Waals surface area (Å²) in [6.07, 6.45) is 2.09. The molecule has 33 nitrogen and oxygen atoms in total. The lowest BCUT2D eigenvalue weighted by atomic mass is 9.96.